The van der Waals surface area contributed by atoms with Crippen molar-refractivity contribution < 1.29 is 4.79 Å². The zero-order valence-corrected chi connectivity index (χ0v) is 20.7. The fourth-order valence-electron chi connectivity index (χ4n) is 6.05. The first-order valence-electron chi connectivity index (χ1n) is 13.2. The van der Waals surface area contributed by atoms with Crippen molar-refractivity contribution in [3.8, 4) is 0 Å². The van der Waals surface area contributed by atoms with E-state index >= 15 is 0 Å². The van der Waals surface area contributed by atoms with Crippen LogP contribution in [0, 0.1) is 0 Å². The fraction of sp³-hybridized carbons (Fsp3) is 0.414. The van der Waals surface area contributed by atoms with Crippen LogP contribution in [-0.2, 0) is 17.9 Å². The predicted octanol–water partition coefficient (Wildman–Crippen LogP) is 3.88. The Labute approximate surface area is 210 Å². The molecule has 2 fully saturated rings. The van der Waals surface area contributed by atoms with E-state index in [2.05, 4.69) is 26.7 Å². The average molecular weight is 484 g/mol. The molecule has 0 bridgehead atoms. The van der Waals surface area contributed by atoms with E-state index < -0.39 is 0 Å². The van der Waals surface area contributed by atoms with Gasteiger partial charge in [-0.25, -0.2) is 4.68 Å². The van der Waals surface area contributed by atoms with Gasteiger partial charge in [0.05, 0.1) is 6.20 Å². The van der Waals surface area contributed by atoms with Crippen LogP contribution in [0.15, 0.2) is 65.6 Å². The van der Waals surface area contributed by atoms with Crippen molar-refractivity contribution in [1.29, 1.82) is 0 Å². The lowest BCUT2D eigenvalue weighted by molar-refractivity contribution is -0.134. The van der Waals surface area contributed by atoms with Crippen LogP contribution in [-0.4, -0.2) is 62.3 Å². The van der Waals surface area contributed by atoms with Crippen LogP contribution in [0.5, 0.6) is 0 Å². The minimum absolute atomic E-state index is 0.0228. The van der Waals surface area contributed by atoms with Crippen LogP contribution in [0.1, 0.15) is 37.7 Å². The normalized spacial score (nSPS) is 17.7. The number of nitrogens with zero attached hydrogens (tertiary/aromatic N) is 5. The first-order valence-corrected chi connectivity index (χ1v) is 13.2. The molecule has 4 aromatic rings. The molecule has 2 aliphatic rings. The van der Waals surface area contributed by atoms with Crippen molar-refractivity contribution in [2.45, 2.75) is 51.2 Å². The van der Waals surface area contributed by atoms with Gasteiger partial charge in [-0.3, -0.25) is 14.5 Å². The zero-order valence-electron chi connectivity index (χ0n) is 20.7. The third kappa shape index (κ3) is 4.32. The van der Waals surface area contributed by atoms with Crippen molar-refractivity contribution in [1.82, 2.24) is 24.1 Å². The summed E-state index contributed by atoms with van der Waals surface area (Å²) in [5.74, 6) is -0.0297. The van der Waals surface area contributed by atoms with E-state index in [-0.39, 0.29) is 18.0 Å². The summed E-state index contributed by atoms with van der Waals surface area (Å²) >= 11 is 0. The van der Waals surface area contributed by atoms with E-state index in [1.807, 2.05) is 47.4 Å². The Hall–Kier alpha value is -3.45. The maximum Gasteiger partial charge on any atom is 0.291 e. The summed E-state index contributed by atoms with van der Waals surface area (Å²) in [5.41, 5.74) is 2.51. The quantitative estimate of drug-likeness (QED) is 0.432. The second kappa shape index (κ2) is 9.90. The van der Waals surface area contributed by atoms with Gasteiger partial charge >= 0.3 is 0 Å². The highest BCUT2D eigenvalue weighted by Crippen LogP contribution is 2.27. The summed E-state index contributed by atoms with van der Waals surface area (Å²) in [6.45, 7) is 3.85. The third-order valence-electron chi connectivity index (χ3n) is 8.00. The molecular formula is C29H33N5O2. The van der Waals surface area contributed by atoms with Crippen LogP contribution >= 0.6 is 0 Å². The smallest absolute Gasteiger partial charge is 0.291 e. The number of rotatable bonds is 5. The van der Waals surface area contributed by atoms with Gasteiger partial charge in [-0.15, -0.1) is 0 Å². The van der Waals surface area contributed by atoms with Crippen LogP contribution < -0.4 is 5.56 Å². The summed E-state index contributed by atoms with van der Waals surface area (Å²) < 4.78 is 3.41. The number of piperazine rings is 1. The highest BCUT2D eigenvalue weighted by molar-refractivity contribution is 6.07. The molecule has 0 N–H and O–H groups in total. The van der Waals surface area contributed by atoms with Crippen LogP contribution in [0.2, 0.25) is 0 Å². The lowest BCUT2D eigenvalue weighted by atomic mass is 9.94. The highest BCUT2D eigenvalue weighted by Gasteiger charge is 2.27. The largest absolute Gasteiger partial charge is 0.339 e. The molecule has 2 aromatic heterocycles. The number of carbonyl (C=O) groups excluding carboxylic acids is 1. The molecule has 1 aliphatic carbocycles. The third-order valence-corrected chi connectivity index (χ3v) is 8.00. The molecule has 7 heteroatoms. The van der Waals surface area contributed by atoms with Gasteiger partial charge in [0.15, 0.2) is 0 Å². The first-order chi connectivity index (χ1) is 17.7. The summed E-state index contributed by atoms with van der Waals surface area (Å²) in [5, 5.41) is 6.27. The number of aromatic nitrogens is 3. The monoisotopic (exact) mass is 483 g/mol. The van der Waals surface area contributed by atoms with Crippen LogP contribution in [0.3, 0.4) is 0 Å². The Morgan fingerprint density at radius 2 is 1.58 bits per heavy atom. The molecule has 6 rings (SSSR count). The van der Waals surface area contributed by atoms with Gasteiger partial charge in [0.2, 0.25) is 5.91 Å². The minimum atomic E-state index is -0.214. The van der Waals surface area contributed by atoms with Gasteiger partial charge in [0.1, 0.15) is 12.1 Å². The molecule has 0 radical (unpaired) electrons. The second-order valence-electron chi connectivity index (χ2n) is 10.2. The molecule has 0 spiro atoms. The molecule has 1 saturated heterocycles. The molecular weight excluding hydrogens is 450 g/mol. The van der Waals surface area contributed by atoms with E-state index in [0.29, 0.717) is 18.1 Å². The molecule has 36 heavy (non-hydrogen) atoms. The van der Waals surface area contributed by atoms with E-state index in [1.165, 1.54) is 36.8 Å². The van der Waals surface area contributed by atoms with Gasteiger partial charge in [0.25, 0.3) is 5.56 Å². The lowest BCUT2D eigenvalue weighted by Crippen LogP contribution is -2.53. The van der Waals surface area contributed by atoms with Gasteiger partial charge < -0.3 is 9.47 Å². The summed E-state index contributed by atoms with van der Waals surface area (Å²) in [6.07, 6.45) is 8.30. The minimum Gasteiger partial charge on any atom is -0.339 e. The van der Waals surface area contributed by atoms with Gasteiger partial charge in [-0.2, -0.15) is 5.10 Å². The second-order valence-corrected chi connectivity index (χ2v) is 10.2. The predicted molar refractivity (Wildman–Crippen MR) is 142 cm³/mol. The van der Waals surface area contributed by atoms with E-state index in [1.54, 1.807) is 6.20 Å². The fourth-order valence-corrected chi connectivity index (χ4v) is 6.05. The Balaban J connectivity index is 1.25. The Bertz CT molecular complexity index is 1430. The highest BCUT2D eigenvalue weighted by atomic mass is 16.2. The van der Waals surface area contributed by atoms with Crippen molar-refractivity contribution in [2.75, 3.05) is 26.2 Å². The molecule has 1 amide bonds. The first kappa shape index (κ1) is 23.0. The maximum atomic E-state index is 13.7. The van der Waals surface area contributed by atoms with Gasteiger partial charge in [0, 0.05) is 55.1 Å². The molecule has 186 valence electrons. The SMILES string of the molecule is O=C(Cn1ncc2c3ccccc3n(Cc3ccccc3)c2c1=O)N1CCN(C2CCCCC2)CC1. The zero-order chi connectivity index (χ0) is 24.5. The van der Waals surface area contributed by atoms with Crippen molar-refractivity contribution in [3.63, 3.8) is 0 Å². The molecule has 2 aromatic carbocycles. The van der Waals surface area contributed by atoms with Crippen molar-refractivity contribution in [2.24, 2.45) is 0 Å². The standard InChI is InChI=1S/C29H33N5O2/c35-27(32-17-15-31(16-18-32)23-11-5-2-6-12-23)21-34-29(36)28-25(19-30-34)24-13-7-8-14-26(24)33(28)20-22-9-3-1-4-10-22/h1,3-4,7-10,13-14,19,23H,2,5-6,11-12,15-18,20-21H2. The molecule has 1 saturated carbocycles. The number of hydrogen-bond acceptors (Lipinski definition) is 4. The van der Waals surface area contributed by atoms with Gasteiger partial charge in [-0.1, -0.05) is 67.8 Å². The molecule has 7 nitrogen and oxygen atoms in total. The Morgan fingerprint density at radius 3 is 2.36 bits per heavy atom. The van der Waals surface area contributed by atoms with E-state index in [9.17, 15) is 9.59 Å². The van der Waals surface area contributed by atoms with E-state index in [4.69, 9.17) is 0 Å². The molecule has 0 atom stereocenters. The molecule has 1 aliphatic heterocycles. The topological polar surface area (TPSA) is 63.4 Å². The lowest BCUT2D eigenvalue weighted by Gasteiger charge is -2.40. The van der Waals surface area contributed by atoms with Crippen molar-refractivity contribution in [3.05, 3.63) is 76.7 Å². The number of carbonyl (C=O) groups is 1. The number of fused-ring (bicyclic) bond motifs is 3. The average Bonchev–Trinajstić information content (AvgIpc) is 3.25. The summed E-state index contributed by atoms with van der Waals surface area (Å²) in [6, 6.07) is 18.9. The molecule has 0 unspecified atom stereocenters. The summed E-state index contributed by atoms with van der Waals surface area (Å²) in [4.78, 5) is 31.3. The van der Waals surface area contributed by atoms with Crippen LogP contribution in [0.4, 0.5) is 0 Å². The number of benzene rings is 2. The summed E-state index contributed by atoms with van der Waals surface area (Å²) in [7, 11) is 0. The maximum absolute atomic E-state index is 13.7. The Kier molecular flexibility index (Phi) is 6.32. The van der Waals surface area contributed by atoms with Crippen LogP contribution in [0.25, 0.3) is 21.8 Å². The number of hydrogen-bond donors (Lipinski definition) is 0. The van der Waals surface area contributed by atoms with E-state index in [0.717, 1.165) is 48.0 Å². The van der Waals surface area contributed by atoms with Crippen molar-refractivity contribution >= 4 is 27.7 Å². The number of amides is 1. The van der Waals surface area contributed by atoms with Gasteiger partial charge in [-0.05, 0) is 24.5 Å². The Morgan fingerprint density at radius 1 is 0.861 bits per heavy atom. The number of para-hydroxylation sites is 1. The molecule has 3 heterocycles.